The van der Waals surface area contributed by atoms with Gasteiger partial charge in [0.05, 0.1) is 12.7 Å². The summed E-state index contributed by atoms with van der Waals surface area (Å²) in [5.41, 5.74) is 2.04. The van der Waals surface area contributed by atoms with Gasteiger partial charge < -0.3 is 19.3 Å². The molecule has 8 nitrogen and oxygen atoms in total. The molecule has 1 aliphatic carbocycles. The van der Waals surface area contributed by atoms with Crippen LogP contribution in [0.4, 0.5) is 0 Å². The van der Waals surface area contributed by atoms with Crippen molar-refractivity contribution in [3.8, 4) is 11.5 Å². The molecular formula is C24H28N2O6S. The summed E-state index contributed by atoms with van der Waals surface area (Å²) in [7, 11) is 1.54. The van der Waals surface area contributed by atoms with Crippen molar-refractivity contribution < 1.29 is 28.8 Å². The second-order valence-corrected chi connectivity index (χ2v) is 10.5. The Hall–Kier alpha value is -2.59. The second-order valence-electron chi connectivity index (χ2n) is 8.72. The van der Waals surface area contributed by atoms with E-state index in [0.29, 0.717) is 29.1 Å². The van der Waals surface area contributed by atoms with Gasteiger partial charge in [0, 0.05) is 30.1 Å². The molecule has 0 bridgehead atoms. The number of hydroxylamine groups is 1. The first-order chi connectivity index (χ1) is 15.9. The number of hydrogen-bond acceptors (Lipinski definition) is 7. The van der Waals surface area contributed by atoms with Crippen LogP contribution in [0.25, 0.3) is 0 Å². The van der Waals surface area contributed by atoms with Gasteiger partial charge in [-0.25, -0.2) is 10.3 Å². The van der Waals surface area contributed by atoms with Crippen LogP contribution >= 0.6 is 0 Å². The zero-order valence-corrected chi connectivity index (χ0v) is 19.3. The lowest BCUT2D eigenvalue weighted by Gasteiger charge is -2.36. The lowest BCUT2D eigenvalue weighted by molar-refractivity contribution is -0.132. The molecule has 2 aromatic carbocycles. The zero-order chi connectivity index (χ0) is 23.5. The highest BCUT2D eigenvalue weighted by molar-refractivity contribution is 7.93. The molecule has 0 aromatic heterocycles. The number of methoxy groups -OCH3 is 1. The Morgan fingerprint density at radius 3 is 2.45 bits per heavy atom. The van der Waals surface area contributed by atoms with E-state index < -0.39 is 27.8 Å². The molecule has 176 valence electrons. The number of carbonyl (C=O) groups excluding carboxylic acids is 2. The Kier molecular flexibility index (Phi) is 6.94. The topological polar surface area (TPSA) is 120 Å². The Labute approximate surface area is 195 Å². The summed E-state index contributed by atoms with van der Waals surface area (Å²) in [5.74, 6) is -0.329. The first-order valence-corrected chi connectivity index (χ1v) is 12.1. The van der Waals surface area contributed by atoms with Crippen molar-refractivity contribution in [3.63, 3.8) is 0 Å². The van der Waals surface area contributed by atoms with Crippen LogP contribution in [0.15, 0.2) is 53.4 Å². The molecule has 33 heavy (non-hydrogen) atoms. The first kappa shape index (κ1) is 23.6. The average Bonchev–Trinajstić information content (AvgIpc) is 3.23. The van der Waals surface area contributed by atoms with Crippen LogP contribution in [0.5, 0.6) is 11.5 Å². The van der Waals surface area contributed by atoms with Crippen molar-refractivity contribution in [3.05, 3.63) is 54.1 Å². The SMILES string of the molecule is COc1ccc(C(=O)Oc2cccc([S+]([O-])C3(C(=O)NO)CCC4(CCNCC4)C3)c2)cc1. The Balaban J connectivity index is 1.55. The molecule has 1 heterocycles. The summed E-state index contributed by atoms with van der Waals surface area (Å²) in [5, 5.41) is 12.8. The van der Waals surface area contributed by atoms with Gasteiger partial charge >= 0.3 is 5.97 Å². The number of carbonyl (C=O) groups is 2. The van der Waals surface area contributed by atoms with Crippen molar-refractivity contribution in [2.45, 2.75) is 41.7 Å². The molecular weight excluding hydrogens is 444 g/mol. The van der Waals surface area contributed by atoms with Gasteiger partial charge in [-0.05, 0) is 74.2 Å². The molecule has 9 heteroatoms. The van der Waals surface area contributed by atoms with Gasteiger partial charge in [0.1, 0.15) is 11.5 Å². The fourth-order valence-corrected chi connectivity index (χ4v) is 6.76. The standard InChI is InChI=1S/C24H28N2O6S/c1-31-18-7-5-17(6-8-18)21(27)32-19-3-2-4-20(15-19)33(30)24(22(28)26-29)10-9-23(16-24)11-13-25-14-12-23/h2-8,15,25,29H,9-14,16H2,1H3,(H,26,28). The smallest absolute Gasteiger partial charge is 0.343 e. The third-order valence-electron chi connectivity index (χ3n) is 6.81. The number of benzene rings is 2. The quantitative estimate of drug-likeness (QED) is 0.194. The van der Waals surface area contributed by atoms with E-state index >= 15 is 0 Å². The fraction of sp³-hybridized carbons (Fsp3) is 0.417. The van der Waals surface area contributed by atoms with E-state index in [1.165, 1.54) is 6.07 Å². The molecule has 1 aliphatic heterocycles. The number of hydrogen-bond donors (Lipinski definition) is 3. The lowest BCUT2D eigenvalue weighted by Crippen LogP contribution is -2.51. The normalized spacial score (nSPS) is 22.5. The van der Waals surface area contributed by atoms with Crippen LogP contribution in [0.3, 0.4) is 0 Å². The van der Waals surface area contributed by atoms with Gasteiger partial charge in [-0.3, -0.25) is 10.0 Å². The second kappa shape index (κ2) is 9.72. The molecule has 1 saturated carbocycles. The Morgan fingerprint density at radius 2 is 1.79 bits per heavy atom. The van der Waals surface area contributed by atoms with E-state index in [1.54, 1.807) is 55.1 Å². The highest BCUT2D eigenvalue weighted by Gasteiger charge is 2.60. The molecule has 2 aliphatic rings. The molecule has 1 saturated heterocycles. The monoisotopic (exact) mass is 472 g/mol. The summed E-state index contributed by atoms with van der Waals surface area (Å²) in [4.78, 5) is 25.7. The molecule has 3 N–H and O–H groups in total. The predicted molar refractivity (Wildman–Crippen MR) is 122 cm³/mol. The van der Waals surface area contributed by atoms with E-state index in [9.17, 15) is 19.3 Å². The van der Waals surface area contributed by atoms with Crippen molar-refractivity contribution in [2.75, 3.05) is 20.2 Å². The third kappa shape index (κ3) is 4.72. The van der Waals surface area contributed by atoms with Gasteiger partial charge in [-0.1, -0.05) is 6.07 Å². The molecule has 1 amide bonds. The van der Waals surface area contributed by atoms with E-state index in [2.05, 4.69) is 5.32 Å². The molecule has 2 fully saturated rings. The lowest BCUT2D eigenvalue weighted by atomic mass is 9.77. The third-order valence-corrected chi connectivity index (χ3v) is 8.74. The van der Waals surface area contributed by atoms with Crippen molar-refractivity contribution >= 4 is 23.1 Å². The molecule has 0 radical (unpaired) electrons. The maximum atomic E-state index is 13.7. The van der Waals surface area contributed by atoms with Crippen molar-refractivity contribution in [2.24, 2.45) is 5.41 Å². The Bertz CT molecular complexity index is 1010. The van der Waals surface area contributed by atoms with Gasteiger partial charge in [-0.2, -0.15) is 0 Å². The van der Waals surface area contributed by atoms with Crippen LogP contribution in [-0.2, 0) is 16.0 Å². The van der Waals surface area contributed by atoms with Gasteiger partial charge in [0.2, 0.25) is 4.75 Å². The number of ether oxygens (including phenoxy) is 2. The summed E-state index contributed by atoms with van der Waals surface area (Å²) in [6.07, 6.45) is 3.45. The van der Waals surface area contributed by atoms with Crippen LogP contribution in [0, 0.1) is 5.41 Å². The summed E-state index contributed by atoms with van der Waals surface area (Å²) in [6.45, 7) is 1.72. The minimum atomic E-state index is -1.75. The predicted octanol–water partition coefficient (Wildman–Crippen LogP) is 2.82. The summed E-state index contributed by atoms with van der Waals surface area (Å²) in [6, 6.07) is 12.9. The van der Waals surface area contributed by atoms with Gasteiger partial charge in [0.15, 0.2) is 4.90 Å². The zero-order valence-electron chi connectivity index (χ0n) is 18.5. The average molecular weight is 473 g/mol. The molecule has 2 atom stereocenters. The molecule has 2 unspecified atom stereocenters. The highest BCUT2D eigenvalue weighted by Crippen LogP contribution is 2.54. The maximum absolute atomic E-state index is 13.7. The van der Waals surface area contributed by atoms with Crippen LogP contribution in [-0.4, -0.2) is 46.6 Å². The van der Waals surface area contributed by atoms with Crippen molar-refractivity contribution in [1.29, 1.82) is 0 Å². The minimum Gasteiger partial charge on any atom is -0.611 e. The van der Waals surface area contributed by atoms with Crippen LogP contribution in [0.2, 0.25) is 0 Å². The van der Waals surface area contributed by atoms with Gasteiger partial charge in [0.25, 0.3) is 5.91 Å². The van der Waals surface area contributed by atoms with Gasteiger partial charge in [-0.15, -0.1) is 0 Å². The van der Waals surface area contributed by atoms with Crippen LogP contribution in [0.1, 0.15) is 42.5 Å². The fourth-order valence-electron chi connectivity index (χ4n) is 4.94. The molecule has 2 aromatic rings. The van der Waals surface area contributed by atoms with Crippen LogP contribution < -0.4 is 20.3 Å². The number of piperidine rings is 1. The summed E-state index contributed by atoms with van der Waals surface area (Å²) < 4.78 is 23.1. The maximum Gasteiger partial charge on any atom is 0.343 e. The van der Waals surface area contributed by atoms with E-state index in [0.717, 1.165) is 32.4 Å². The van der Waals surface area contributed by atoms with E-state index in [-0.39, 0.29) is 11.2 Å². The number of rotatable bonds is 6. The number of esters is 1. The minimum absolute atomic E-state index is 0.0636. The highest BCUT2D eigenvalue weighted by atomic mass is 32.2. The number of nitrogens with one attached hydrogen (secondary N) is 2. The summed E-state index contributed by atoms with van der Waals surface area (Å²) >= 11 is -1.75. The Morgan fingerprint density at radius 1 is 1.06 bits per heavy atom. The first-order valence-electron chi connectivity index (χ1n) is 10.9. The number of amides is 1. The molecule has 1 spiro atoms. The largest absolute Gasteiger partial charge is 0.611 e. The van der Waals surface area contributed by atoms with Crippen molar-refractivity contribution in [1.82, 2.24) is 10.8 Å². The van der Waals surface area contributed by atoms with E-state index in [4.69, 9.17) is 9.47 Å². The van der Waals surface area contributed by atoms with E-state index in [1.807, 2.05) is 0 Å². The molecule has 4 rings (SSSR count).